The molecule has 3 rings (SSSR count). The van der Waals surface area contributed by atoms with Crippen molar-refractivity contribution >= 4 is 33.3 Å². The maximum absolute atomic E-state index is 11.6. The Morgan fingerprint density at radius 2 is 2.18 bits per heavy atom. The minimum absolute atomic E-state index is 0.355. The van der Waals surface area contributed by atoms with Gasteiger partial charge in [-0.3, -0.25) is 4.68 Å². The van der Waals surface area contributed by atoms with Crippen molar-refractivity contribution in [2.75, 3.05) is 12.4 Å². The summed E-state index contributed by atoms with van der Waals surface area (Å²) in [6.07, 6.45) is 0. The van der Waals surface area contributed by atoms with E-state index in [1.165, 1.54) is 18.4 Å². The van der Waals surface area contributed by atoms with Crippen LogP contribution >= 0.6 is 11.3 Å². The highest BCUT2D eigenvalue weighted by molar-refractivity contribution is 7.17. The van der Waals surface area contributed by atoms with Crippen molar-refractivity contribution in [1.29, 1.82) is 0 Å². The first-order chi connectivity index (χ1) is 10.6. The van der Waals surface area contributed by atoms with Crippen LogP contribution in [0.5, 0.6) is 0 Å². The number of carbonyl (C=O) groups excluding carboxylic acids is 1. The molecular weight excluding hydrogens is 300 g/mol. The average Bonchev–Trinajstić information content (AvgIpc) is 3.05. The normalized spacial score (nSPS) is 10.9. The van der Waals surface area contributed by atoms with Gasteiger partial charge in [0.05, 0.1) is 30.6 Å². The Bertz CT molecular complexity index is 837. The molecule has 114 valence electrons. The van der Waals surface area contributed by atoms with E-state index in [0.717, 1.165) is 16.6 Å². The summed E-state index contributed by atoms with van der Waals surface area (Å²) in [5.74, 6) is -0.355. The number of aryl methyl sites for hydroxylation is 2. The smallest absolute Gasteiger partial charge is 0.350 e. The summed E-state index contributed by atoms with van der Waals surface area (Å²) in [5.41, 5.74) is 2.71. The molecule has 22 heavy (non-hydrogen) atoms. The summed E-state index contributed by atoms with van der Waals surface area (Å²) in [4.78, 5) is 16.5. The largest absolute Gasteiger partial charge is 0.465 e. The minimum Gasteiger partial charge on any atom is -0.465 e. The van der Waals surface area contributed by atoms with Crippen molar-refractivity contribution in [2.45, 2.75) is 13.5 Å². The van der Waals surface area contributed by atoms with Crippen molar-refractivity contribution in [3.05, 3.63) is 40.5 Å². The number of rotatable bonds is 4. The van der Waals surface area contributed by atoms with Gasteiger partial charge in [-0.25, -0.2) is 9.78 Å². The fourth-order valence-electron chi connectivity index (χ4n) is 2.33. The van der Waals surface area contributed by atoms with E-state index < -0.39 is 0 Å². The van der Waals surface area contributed by atoms with Crippen LogP contribution in [0.4, 0.5) is 5.13 Å². The van der Waals surface area contributed by atoms with Gasteiger partial charge in [-0.05, 0) is 13.0 Å². The van der Waals surface area contributed by atoms with Crippen molar-refractivity contribution < 1.29 is 9.53 Å². The first-order valence-electron chi connectivity index (χ1n) is 6.80. The highest BCUT2D eigenvalue weighted by Crippen LogP contribution is 2.24. The highest BCUT2D eigenvalue weighted by atomic mass is 32.1. The number of carbonyl (C=O) groups is 1. The maximum atomic E-state index is 11.6. The number of thiazole rings is 1. The zero-order valence-corrected chi connectivity index (χ0v) is 13.4. The third-order valence-corrected chi connectivity index (χ3v) is 4.50. The molecule has 7 heteroatoms. The lowest BCUT2D eigenvalue weighted by molar-refractivity contribution is 0.0605. The van der Waals surface area contributed by atoms with Crippen LogP contribution in [0.15, 0.2) is 24.3 Å². The average molecular weight is 316 g/mol. The van der Waals surface area contributed by atoms with Gasteiger partial charge in [0.15, 0.2) is 5.13 Å². The van der Waals surface area contributed by atoms with Crippen LogP contribution in [-0.4, -0.2) is 27.8 Å². The second kappa shape index (κ2) is 5.76. The standard InChI is InChI=1S/C15H16N4O2S/c1-9-13(14(20)21-3)22-15(17-9)16-8-11-10-6-4-5-7-12(10)19(2)18-11/h4-7H,8H2,1-3H3,(H,16,17). The van der Waals surface area contributed by atoms with E-state index in [2.05, 4.69) is 15.4 Å². The van der Waals surface area contributed by atoms with Gasteiger partial charge in [0, 0.05) is 12.4 Å². The van der Waals surface area contributed by atoms with Crippen LogP contribution in [-0.2, 0) is 18.3 Å². The number of hydrogen-bond donors (Lipinski definition) is 1. The second-order valence-corrected chi connectivity index (χ2v) is 5.87. The van der Waals surface area contributed by atoms with Gasteiger partial charge >= 0.3 is 5.97 Å². The molecule has 2 heterocycles. The van der Waals surface area contributed by atoms with Crippen LogP contribution in [0.25, 0.3) is 10.9 Å². The zero-order valence-electron chi connectivity index (χ0n) is 12.6. The quantitative estimate of drug-likeness (QED) is 0.750. The fraction of sp³-hybridized carbons (Fsp3) is 0.267. The van der Waals surface area contributed by atoms with Crippen molar-refractivity contribution in [3.8, 4) is 0 Å². The molecule has 1 N–H and O–H groups in total. The SMILES string of the molecule is COC(=O)c1sc(NCc2nn(C)c3ccccc23)nc1C. The number of ether oxygens (including phenoxy) is 1. The number of para-hydroxylation sites is 1. The number of hydrogen-bond acceptors (Lipinski definition) is 6. The van der Waals surface area contributed by atoms with Crippen LogP contribution in [0.2, 0.25) is 0 Å². The van der Waals surface area contributed by atoms with Crippen LogP contribution < -0.4 is 5.32 Å². The summed E-state index contributed by atoms with van der Waals surface area (Å²) in [6, 6.07) is 8.07. The van der Waals surface area contributed by atoms with Gasteiger partial charge in [0.1, 0.15) is 4.88 Å². The van der Waals surface area contributed by atoms with Gasteiger partial charge < -0.3 is 10.1 Å². The Hall–Kier alpha value is -2.41. The molecule has 1 aromatic carbocycles. The third-order valence-electron chi connectivity index (χ3n) is 3.41. The molecule has 0 aliphatic heterocycles. The predicted molar refractivity (Wildman–Crippen MR) is 86.2 cm³/mol. The lowest BCUT2D eigenvalue weighted by Crippen LogP contribution is -2.01. The van der Waals surface area contributed by atoms with E-state index in [1.54, 1.807) is 6.92 Å². The summed E-state index contributed by atoms with van der Waals surface area (Å²) in [7, 11) is 3.29. The van der Waals surface area contributed by atoms with Crippen molar-refractivity contribution in [1.82, 2.24) is 14.8 Å². The van der Waals surface area contributed by atoms with Crippen LogP contribution in [0, 0.1) is 6.92 Å². The Labute approximate surface area is 131 Å². The molecule has 0 fully saturated rings. The molecule has 0 atom stereocenters. The van der Waals surface area contributed by atoms with Gasteiger partial charge in [0.2, 0.25) is 0 Å². The van der Waals surface area contributed by atoms with Gasteiger partial charge in [-0.15, -0.1) is 0 Å². The molecule has 0 saturated carbocycles. The molecule has 0 unspecified atom stereocenters. The maximum Gasteiger partial charge on any atom is 0.350 e. The predicted octanol–water partition coefficient (Wildman–Crippen LogP) is 2.74. The molecule has 3 aromatic rings. The Kier molecular flexibility index (Phi) is 3.81. The first-order valence-corrected chi connectivity index (χ1v) is 7.62. The lowest BCUT2D eigenvalue weighted by atomic mass is 10.2. The molecule has 0 radical (unpaired) electrons. The van der Waals surface area contributed by atoms with E-state index in [-0.39, 0.29) is 5.97 Å². The number of nitrogens with zero attached hydrogens (tertiary/aromatic N) is 3. The monoisotopic (exact) mass is 316 g/mol. The van der Waals surface area contributed by atoms with Crippen molar-refractivity contribution in [2.24, 2.45) is 7.05 Å². The molecule has 0 bridgehead atoms. The van der Waals surface area contributed by atoms with E-state index in [9.17, 15) is 4.79 Å². The van der Waals surface area contributed by atoms with E-state index >= 15 is 0 Å². The number of benzene rings is 1. The molecule has 0 amide bonds. The van der Waals surface area contributed by atoms with Gasteiger partial charge in [-0.1, -0.05) is 29.5 Å². The number of methoxy groups -OCH3 is 1. The fourth-order valence-corrected chi connectivity index (χ4v) is 3.21. The summed E-state index contributed by atoms with van der Waals surface area (Å²) >= 11 is 1.29. The lowest BCUT2D eigenvalue weighted by Gasteiger charge is -1.99. The Balaban J connectivity index is 1.81. The molecule has 6 nitrogen and oxygen atoms in total. The first kappa shape index (κ1) is 14.5. The Morgan fingerprint density at radius 3 is 2.95 bits per heavy atom. The number of nitrogens with one attached hydrogen (secondary N) is 1. The van der Waals surface area contributed by atoms with Crippen LogP contribution in [0.3, 0.4) is 0 Å². The van der Waals surface area contributed by atoms with Gasteiger partial charge in [0.25, 0.3) is 0 Å². The van der Waals surface area contributed by atoms with Gasteiger partial charge in [-0.2, -0.15) is 5.10 Å². The van der Waals surface area contributed by atoms with E-state index in [4.69, 9.17) is 4.74 Å². The zero-order chi connectivity index (χ0) is 15.7. The summed E-state index contributed by atoms with van der Waals surface area (Å²) < 4.78 is 6.60. The number of aromatic nitrogens is 3. The van der Waals surface area contributed by atoms with Crippen molar-refractivity contribution in [3.63, 3.8) is 0 Å². The topological polar surface area (TPSA) is 69.0 Å². The molecule has 0 saturated heterocycles. The van der Waals surface area contributed by atoms with E-state index in [0.29, 0.717) is 22.2 Å². The molecule has 0 aliphatic rings. The second-order valence-electron chi connectivity index (χ2n) is 4.87. The molecule has 0 aliphatic carbocycles. The summed E-state index contributed by atoms with van der Waals surface area (Å²) in [5, 5.41) is 9.55. The highest BCUT2D eigenvalue weighted by Gasteiger charge is 2.16. The summed E-state index contributed by atoms with van der Waals surface area (Å²) in [6.45, 7) is 2.35. The van der Waals surface area contributed by atoms with E-state index in [1.807, 2.05) is 36.0 Å². The minimum atomic E-state index is -0.355. The number of esters is 1. The van der Waals surface area contributed by atoms with Crippen LogP contribution in [0.1, 0.15) is 21.1 Å². The molecular formula is C15H16N4O2S. The molecule has 2 aromatic heterocycles. The number of fused-ring (bicyclic) bond motifs is 1. The number of anilines is 1. The Morgan fingerprint density at radius 1 is 1.41 bits per heavy atom. The third kappa shape index (κ3) is 2.55. The molecule has 0 spiro atoms.